The fourth-order valence-corrected chi connectivity index (χ4v) is 3.87. The molecular weight excluding hydrogens is 353 g/mol. The molecule has 1 aliphatic rings. The summed E-state index contributed by atoms with van der Waals surface area (Å²) in [6, 6.07) is 13.8. The molecule has 0 saturated carbocycles. The highest BCUT2D eigenvalue weighted by molar-refractivity contribution is 7.16. The summed E-state index contributed by atoms with van der Waals surface area (Å²) < 4.78 is 18.7. The van der Waals surface area contributed by atoms with E-state index in [9.17, 15) is 9.18 Å². The van der Waals surface area contributed by atoms with Crippen molar-refractivity contribution in [3.63, 3.8) is 0 Å². The van der Waals surface area contributed by atoms with E-state index >= 15 is 0 Å². The van der Waals surface area contributed by atoms with E-state index < -0.39 is 0 Å². The maximum absolute atomic E-state index is 12.9. The molecule has 2 aromatic carbocycles. The van der Waals surface area contributed by atoms with E-state index in [-0.39, 0.29) is 17.6 Å². The Morgan fingerprint density at radius 1 is 1.19 bits per heavy atom. The number of halogens is 1. The van der Waals surface area contributed by atoms with Crippen LogP contribution in [0.25, 0.3) is 0 Å². The first-order valence-electron chi connectivity index (χ1n) is 8.12. The minimum absolute atomic E-state index is 0.0558. The fraction of sp³-hybridized carbons (Fsp3) is 0.158. The van der Waals surface area contributed by atoms with Gasteiger partial charge in [0, 0.05) is 12.3 Å². The Morgan fingerprint density at radius 3 is 2.65 bits per heavy atom. The summed E-state index contributed by atoms with van der Waals surface area (Å²) in [6.07, 6.45) is 0.365. The Morgan fingerprint density at radius 2 is 1.92 bits per heavy atom. The number of ether oxygens (including phenoxy) is 1. The number of benzene rings is 2. The fourth-order valence-electron chi connectivity index (χ4n) is 2.95. The Bertz CT molecular complexity index is 938. The first kappa shape index (κ1) is 16.5. The second kappa shape index (κ2) is 6.76. The van der Waals surface area contributed by atoms with Gasteiger partial charge >= 0.3 is 0 Å². The smallest absolute Gasteiger partial charge is 0.226 e. The number of carbonyl (C=O) groups excluding carboxylic acids is 1. The van der Waals surface area contributed by atoms with E-state index in [2.05, 4.69) is 10.3 Å². The number of carbonyl (C=O) groups is 1. The van der Waals surface area contributed by atoms with Gasteiger partial charge in [-0.2, -0.15) is 0 Å². The zero-order chi connectivity index (χ0) is 18.1. The van der Waals surface area contributed by atoms with Gasteiger partial charge in [0.2, 0.25) is 5.91 Å². The van der Waals surface area contributed by atoms with Gasteiger partial charge in [-0.25, -0.2) is 9.37 Å². The van der Waals surface area contributed by atoms with Gasteiger partial charge in [0.1, 0.15) is 24.0 Å². The average molecular weight is 369 g/mol. The number of nitrogen functional groups attached to an aromatic ring is 1. The summed E-state index contributed by atoms with van der Waals surface area (Å²) >= 11 is 1.40. The normalized spacial score (nSPS) is 16.0. The van der Waals surface area contributed by atoms with Gasteiger partial charge in [0.15, 0.2) is 5.13 Å². The Kier molecular flexibility index (Phi) is 4.30. The van der Waals surface area contributed by atoms with Crippen LogP contribution in [0.3, 0.4) is 0 Å². The van der Waals surface area contributed by atoms with Gasteiger partial charge in [0.05, 0.1) is 4.88 Å². The molecule has 1 atom stereocenters. The molecule has 0 bridgehead atoms. The molecule has 3 N–H and O–H groups in total. The molecule has 2 heterocycles. The number of rotatable bonds is 4. The van der Waals surface area contributed by atoms with Crippen LogP contribution in [0.15, 0.2) is 48.5 Å². The summed E-state index contributed by atoms with van der Waals surface area (Å²) in [5.41, 5.74) is 7.69. The van der Waals surface area contributed by atoms with E-state index in [1.54, 1.807) is 12.1 Å². The van der Waals surface area contributed by atoms with E-state index in [0.29, 0.717) is 29.7 Å². The van der Waals surface area contributed by atoms with Gasteiger partial charge in [-0.05, 0) is 35.4 Å². The third-order valence-corrected chi connectivity index (χ3v) is 5.23. The molecule has 132 valence electrons. The molecule has 1 amide bonds. The van der Waals surface area contributed by atoms with Crippen molar-refractivity contribution < 1.29 is 13.9 Å². The van der Waals surface area contributed by atoms with Crippen molar-refractivity contribution in [2.24, 2.45) is 0 Å². The number of hydrogen-bond donors (Lipinski definition) is 2. The summed E-state index contributed by atoms with van der Waals surface area (Å²) in [7, 11) is 0. The molecule has 1 aromatic heterocycles. The van der Waals surface area contributed by atoms with Gasteiger partial charge in [-0.3, -0.25) is 4.79 Å². The standard InChI is InChI=1S/C19H16FN3O2S/c20-13-5-1-11(2-6-13)10-25-14-7-3-12(4-8-14)15-9-16(24)22-18-17(15)26-19(21)23-18/h1-8,15H,9-10H2,(H2,21,23)(H,22,24)/t15-/m0/s1. The number of anilines is 2. The number of aromatic nitrogens is 1. The van der Waals surface area contributed by atoms with Crippen LogP contribution < -0.4 is 15.8 Å². The number of nitrogens with one attached hydrogen (secondary N) is 1. The average Bonchev–Trinajstić information content (AvgIpc) is 3.01. The van der Waals surface area contributed by atoms with Crippen molar-refractivity contribution >= 4 is 28.2 Å². The molecule has 0 saturated heterocycles. The minimum Gasteiger partial charge on any atom is -0.489 e. The predicted molar refractivity (Wildman–Crippen MR) is 98.8 cm³/mol. The van der Waals surface area contributed by atoms with Gasteiger partial charge in [-0.1, -0.05) is 35.6 Å². The summed E-state index contributed by atoms with van der Waals surface area (Å²) in [6.45, 7) is 0.362. The van der Waals surface area contributed by atoms with Crippen LogP contribution in [0.5, 0.6) is 5.75 Å². The van der Waals surface area contributed by atoms with Crippen molar-refractivity contribution in [2.75, 3.05) is 11.1 Å². The highest BCUT2D eigenvalue weighted by Gasteiger charge is 2.29. The Balaban J connectivity index is 1.49. The molecule has 0 unspecified atom stereocenters. The molecule has 5 nitrogen and oxygen atoms in total. The molecule has 26 heavy (non-hydrogen) atoms. The molecule has 0 spiro atoms. The van der Waals surface area contributed by atoms with Crippen molar-refractivity contribution in [2.45, 2.75) is 18.9 Å². The zero-order valence-corrected chi connectivity index (χ0v) is 14.6. The second-order valence-electron chi connectivity index (χ2n) is 6.05. The van der Waals surface area contributed by atoms with Crippen molar-refractivity contribution in [3.05, 3.63) is 70.4 Å². The molecular formula is C19H16FN3O2S. The van der Waals surface area contributed by atoms with E-state index in [1.807, 2.05) is 24.3 Å². The molecule has 0 radical (unpaired) electrons. The van der Waals surface area contributed by atoms with Crippen LogP contribution in [0.2, 0.25) is 0 Å². The minimum atomic E-state index is -0.266. The number of nitrogens with zero attached hydrogens (tertiary/aromatic N) is 1. The lowest BCUT2D eigenvalue weighted by molar-refractivity contribution is -0.116. The highest BCUT2D eigenvalue weighted by Crippen LogP contribution is 2.41. The van der Waals surface area contributed by atoms with Gasteiger partial charge in [0.25, 0.3) is 0 Å². The molecule has 4 rings (SSSR count). The van der Waals surface area contributed by atoms with Gasteiger partial charge in [-0.15, -0.1) is 0 Å². The van der Waals surface area contributed by atoms with E-state index in [1.165, 1.54) is 23.5 Å². The quantitative estimate of drug-likeness (QED) is 0.731. The second-order valence-corrected chi connectivity index (χ2v) is 7.12. The topological polar surface area (TPSA) is 77.2 Å². The van der Waals surface area contributed by atoms with Crippen LogP contribution in [-0.2, 0) is 11.4 Å². The van der Waals surface area contributed by atoms with Crippen LogP contribution in [0.1, 0.15) is 28.3 Å². The number of nitrogens with two attached hydrogens (primary N) is 1. The largest absolute Gasteiger partial charge is 0.489 e. The molecule has 0 fully saturated rings. The summed E-state index contributed by atoms with van der Waals surface area (Å²) in [5, 5.41) is 3.21. The third kappa shape index (κ3) is 3.39. The Labute approximate surface area is 153 Å². The molecule has 7 heteroatoms. The van der Waals surface area contributed by atoms with E-state index in [4.69, 9.17) is 10.5 Å². The van der Waals surface area contributed by atoms with Crippen LogP contribution in [-0.4, -0.2) is 10.9 Å². The van der Waals surface area contributed by atoms with Crippen LogP contribution >= 0.6 is 11.3 Å². The molecule has 3 aromatic rings. The maximum Gasteiger partial charge on any atom is 0.226 e. The first-order chi connectivity index (χ1) is 12.6. The number of amides is 1. The van der Waals surface area contributed by atoms with Crippen LogP contribution in [0, 0.1) is 5.82 Å². The van der Waals surface area contributed by atoms with Crippen molar-refractivity contribution in [1.29, 1.82) is 0 Å². The predicted octanol–water partition coefficient (Wildman–Crippen LogP) is 3.92. The van der Waals surface area contributed by atoms with Gasteiger partial charge < -0.3 is 15.8 Å². The Hall–Kier alpha value is -2.93. The first-order valence-corrected chi connectivity index (χ1v) is 8.93. The third-order valence-electron chi connectivity index (χ3n) is 4.23. The number of fused-ring (bicyclic) bond motifs is 1. The van der Waals surface area contributed by atoms with Crippen molar-refractivity contribution in [3.8, 4) is 5.75 Å². The number of thiazole rings is 1. The van der Waals surface area contributed by atoms with E-state index in [0.717, 1.165) is 16.0 Å². The number of hydrogen-bond acceptors (Lipinski definition) is 5. The molecule has 1 aliphatic heterocycles. The lowest BCUT2D eigenvalue weighted by Gasteiger charge is -2.21. The lowest BCUT2D eigenvalue weighted by atomic mass is 9.91. The molecule has 0 aliphatic carbocycles. The van der Waals surface area contributed by atoms with Crippen molar-refractivity contribution in [1.82, 2.24) is 4.98 Å². The lowest BCUT2D eigenvalue weighted by Crippen LogP contribution is -2.22. The highest BCUT2D eigenvalue weighted by atomic mass is 32.1. The SMILES string of the molecule is Nc1nc2c(s1)[C@H](c1ccc(OCc3ccc(F)cc3)cc1)CC(=O)N2. The maximum atomic E-state index is 12.9. The van der Waals surface area contributed by atoms with Crippen LogP contribution in [0.4, 0.5) is 15.3 Å². The monoisotopic (exact) mass is 369 g/mol. The summed E-state index contributed by atoms with van der Waals surface area (Å²) in [4.78, 5) is 17.1. The zero-order valence-electron chi connectivity index (χ0n) is 13.7. The summed E-state index contributed by atoms with van der Waals surface area (Å²) in [5.74, 6) is 0.884.